The van der Waals surface area contributed by atoms with Crippen molar-refractivity contribution < 1.29 is 8.78 Å². The fraction of sp³-hybridized carbons (Fsp3) is 0.200. The van der Waals surface area contributed by atoms with Crippen LogP contribution in [0.4, 0.5) is 8.78 Å². The highest BCUT2D eigenvalue weighted by Crippen LogP contribution is 2.25. The molecule has 2 aromatic rings. The van der Waals surface area contributed by atoms with Gasteiger partial charge in [0.15, 0.2) is 0 Å². The molecule has 2 aromatic carbocycles. The van der Waals surface area contributed by atoms with Crippen molar-refractivity contribution in [2.24, 2.45) is 0 Å². The molecule has 0 atom stereocenters. The van der Waals surface area contributed by atoms with Gasteiger partial charge in [-0.25, -0.2) is 8.78 Å². The van der Waals surface area contributed by atoms with E-state index in [0.29, 0.717) is 5.56 Å². The van der Waals surface area contributed by atoms with E-state index in [9.17, 15) is 8.78 Å². The van der Waals surface area contributed by atoms with Crippen LogP contribution in [0.25, 0.3) is 11.1 Å². The molecule has 0 fully saturated rings. The van der Waals surface area contributed by atoms with Crippen LogP contribution in [0.3, 0.4) is 0 Å². The van der Waals surface area contributed by atoms with Crippen LogP contribution in [0.2, 0.25) is 0 Å². The molecular formula is C15H14F2. The molecule has 0 unspecified atom stereocenters. The molecule has 0 amide bonds. The summed E-state index contributed by atoms with van der Waals surface area (Å²) in [5.41, 5.74) is 3.37. The van der Waals surface area contributed by atoms with Crippen molar-refractivity contribution in [1.82, 2.24) is 0 Å². The molecule has 0 heterocycles. The molecule has 0 bridgehead atoms. The Labute approximate surface area is 99.9 Å². The first kappa shape index (κ1) is 11.8. The van der Waals surface area contributed by atoms with Gasteiger partial charge in [-0.3, -0.25) is 0 Å². The smallest absolute Gasteiger partial charge is 0.131 e. The number of hydrogen-bond acceptors (Lipinski definition) is 0. The molecule has 88 valence electrons. The van der Waals surface area contributed by atoms with Gasteiger partial charge >= 0.3 is 0 Å². The molecule has 0 aliphatic rings. The van der Waals surface area contributed by atoms with E-state index in [-0.39, 0.29) is 0 Å². The Morgan fingerprint density at radius 1 is 1.00 bits per heavy atom. The van der Waals surface area contributed by atoms with Gasteiger partial charge in [0.25, 0.3) is 0 Å². The van der Waals surface area contributed by atoms with Gasteiger partial charge in [0.05, 0.1) is 0 Å². The highest BCUT2D eigenvalue weighted by molar-refractivity contribution is 5.65. The largest absolute Gasteiger partial charge is 0.207 e. The number of hydrogen-bond donors (Lipinski definition) is 0. The van der Waals surface area contributed by atoms with E-state index in [1.807, 2.05) is 25.1 Å². The topological polar surface area (TPSA) is 0 Å². The van der Waals surface area contributed by atoms with Crippen LogP contribution in [0.5, 0.6) is 0 Å². The summed E-state index contributed by atoms with van der Waals surface area (Å²) in [6.07, 6.45) is 0.942. The third kappa shape index (κ3) is 2.36. The standard InChI is InChI=1S/C15H14F2/c1-3-11-4-5-12(8-10(11)2)14-9-13(16)6-7-15(14)17/h4-9H,3H2,1-2H3. The van der Waals surface area contributed by atoms with Crippen molar-refractivity contribution >= 4 is 0 Å². The van der Waals surface area contributed by atoms with Gasteiger partial charge in [-0.2, -0.15) is 0 Å². The van der Waals surface area contributed by atoms with Crippen LogP contribution in [0, 0.1) is 18.6 Å². The molecule has 2 heteroatoms. The minimum absolute atomic E-state index is 0.316. The second-order valence-corrected chi connectivity index (χ2v) is 4.12. The Kier molecular flexibility index (Phi) is 3.23. The summed E-state index contributed by atoms with van der Waals surface area (Å²) < 4.78 is 26.7. The first-order valence-electron chi connectivity index (χ1n) is 5.66. The average molecular weight is 232 g/mol. The van der Waals surface area contributed by atoms with E-state index >= 15 is 0 Å². The lowest BCUT2D eigenvalue weighted by atomic mass is 9.98. The van der Waals surface area contributed by atoms with Crippen molar-refractivity contribution in [2.75, 3.05) is 0 Å². The molecule has 0 N–H and O–H groups in total. The molecule has 0 saturated carbocycles. The molecule has 17 heavy (non-hydrogen) atoms. The van der Waals surface area contributed by atoms with Crippen LogP contribution in [0.15, 0.2) is 36.4 Å². The average Bonchev–Trinajstić information content (AvgIpc) is 2.32. The van der Waals surface area contributed by atoms with Crippen LogP contribution < -0.4 is 0 Å². The third-order valence-corrected chi connectivity index (χ3v) is 2.96. The van der Waals surface area contributed by atoms with Gasteiger partial charge in [0, 0.05) is 5.56 Å². The molecule has 0 radical (unpaired) electrons. The highest BCUT2D eigenvalue weighted by Gasteiger charge is 2.07. The van der Waals surface area contributed by atoms with E-state index < -0.39 is 11.6 Å². The van der Waals surface area contributed by atoms with E-state index in [0.717, 1.165) is 29.7 Å². The monoisotopic (exact) mass is 232 g/mol. The van der Waals surface area contributed by atoms with Crippen molar-refractivity contribution in [1.29, 1.82) is 0 Å². The zero-order valence-corrected chi connectivity index (χ0v) is 9.93. The lowest BCUT2D eigenvalue weighted by molar-refractivity contribution is 0.603. The molecular weight excluding hydrogens is 218 g/mol. The van der Waals surface area contributed by atoms with Gasteiger partial charge < -0.3 is 0 Å². The summed E-state index contributed by atoms with van der Waals surface area (Å²) in [4.78, 5) is 0. The van der Waals surface area contributed by atoms with Crippen molar-refractivity contribution in [3.63, 3.8) is 0 Å². The number of halogens is 2. The van der Waals surface area contributed by atoms with Crippen molar-refractivity contribution in [2.45, 2.75) is 20.3 Å². The highest BCUT2D eigenvalue weighted by atomic mass is 19.1. The fourth-order valence-corrected chi connectivity index (χ4v) is 1.98. The summed E-state index contributed by atoms with van der Waals surface area (Å²) in [5.74, 6) is -0.811. The Bertz CT molecular complexity index is 545. The quantitative estimate of drug-likeness (QED) is 0.715. The summed E-state index contributed by atoms with van der Waals surface area (Å²) in [6.45, 7) is 4.06. The van der Waals surface area contributed by atoms with E-state index in [1.165, 1.54) is 11.6 Å². The summed E-state index contributed by atoms with van der Waals surface area (Å²) >= 11 is 0. The van der Waals surface area contributed by atoms with Crippen LogP contribution in [-0.4, -0.2) is 0 Å². The minimum atomic E-state index is -0.418. The maximum absolute atomic E-state index is 13.6. The predicted octanol–water partition coefficient (Wildman–Crippen LogP) is 4.50. The van der Waals surface area contributed by atoms with E-state index in [2.05, 4.69) is 6.92 Å². The zero-order valence-electron chi connectivity index (χ0n) is 9.93. The van der Waals surface area contributed by atoms with Gasteiger partial charge in [-0.1, -0.05) is 25.1 Å². The first-order valence-corrected chi connectivity index (χ1v) is 5.66. The molecule has 2 rings (SSSR count). The Balaban J connectivity index is 2.53. The van der Waals surface area contributed by atoms with Crippen molar-refractivity contribution in [3.05, 3.63) is 59.2 Å². The predicted molar refractivity (Wildman–Crippen MR) is 65.9 cm³/mol. The summed E-state index contributed by atoms with van der Waals surface area (Å²) in [5, 5.41) is 0. The molecule has 0 saturated heterocycles. The second-order valence-electron chi connectivity index (χ2n) is 4.12. The number of aryl methyl sites for hydroxylation is 2. The van der Waals surface area contributed by atoms with Crippen LogP contribution in [-0.2, 0) is 6.42 Å². The van der Waals surface area contributed by atoms with Gasteiger partial charge in [0.2, 0.25) is 0 Å². The SMILES string of the molecule is CCc1ccc(-c2cc(F)ccc2F)cc1C. The zero-order chi connectivity index (χ0) is 12.4. The number of rotatable bonds is 2. The second kappa shape index (κ2) is 4.66. The number of benzene rings is 2. The van der Waals surface area contributed by atoms with Crippen molar-refractivity contribution in [3.8, 4) is 11.1 Å². The van der Waals surface area contributed by atoms with E-state index in [4.69, 9.17) is 0 Å². The summed E-state index contributed by atoms with van der Waals surface area (Å²) in [7, 11) is 0. The van der Waals surface area contributed by atoms with Gasteiger partial charge in [-0.05, 0) is 48.2 Å². The molecule has 0 spiro atoms. The lowest BCUT2D eigenvalue weighted by Gasteiger charge is -2.08. The first-order chi connectivity index (χ1) is 8.11. The molecule has 0 aliphatic heterocycles. The maximum atomic E-state index is 13.6. The van der Waals surface area contributed by atoms with Crippen LogP contribution in [0.1, 0.15) is 18.1 Å². The summed E-state index contributed by atoms with van der Waals surface area (Å²) in [6, 6.07) is 9.23. The Morgan fingerprint density at radius 3 is 2.41 bits per heavy atom. The fourth-order valence-electron chi connectivity index (χ4n) is 1.98. The van der Waals surface area contributed by atoms with Crippen LogP contribution >= 0.6 is 0 Å². The molecule has 0 nitrogen and oxygen atoms in total. The Morgan fingerprint density at radius 2 is 1.76 bits per heavy atom. The normalized spacial score (nSPS) is 10.6. The lowest BCUT2D eigenvalue weighted by Crippen LogP contribution is -1.90. The molecule has 0 aliphatic carbocycles. The third-order valence-electron chi connectivity index (χ3n) is 2.96. The van der Waals surface area contributed by atoms with Gasteiger partial charge in [0.1, 0.15) is 11.6 Å². The maximum Gasteiger partial charge on any atom is 0.131 e. The molecule has 0 aromatic heterocycles. The van der Waals surface area contributed by atoms with E-state index in [1.54, 1.807) is 0 Å². The Hall–Kier alpha value is -1.70. The van der Waals surface area contributed by atoms with Gasteiger partial charge in [-0.15, -0.1) is 0 Å². The minimum Gasteiger partial charge on any atom is -0.207 e.